The normalized spacial score (nSPS) is 12.8. The number of anilines is 1. The molecule has 3 N–H and O–H groups in total. The second kappa shape index (κ2) is 5.92. The first-order valence-corrected chi connectivity index (χ1v) is 5.65. The van der Waals surface area contributed by atoms with Crippen LogP contribution >= 0.6 is 11.3 Å². The highest BCUT2D eigenvalue weighted by molar-refractivity contribution is 7.13. The second-order valence-electron chi connectivity index (χ2n) is 3.17. The van der Waals surface area contributed by atoms with Gasteiger partial charge in [0.15, 0.2) is 16.6 Å². The van der Waals surface area contributed by atoms with Crippen molar-refractivity contribution in [2.75, 3.05) is 5.73 Å². The van der Waals surface area contributed by atoms with Crippen LogP contribution in [0.5, 0.6) is 0 Å². The summed E-state index contributed by atoms with van der Waals surface area (Å²) in [7, 11) is 0. The van der Waals surface area contributed by atoms with Crippen molar-refractivity contribution in [2.45, 2.75) is 13.0 Å². The maximum Gasteiger partial charge on any atom is 0.351 e. The molecule has 0 saturated heterocycles. The molecule has 96 valence electrons. The largest absolute Gasteiger partial charge is 0.478 e. The molecule has 0 radical (unpaired) electrons. The third-order valence-corrected chi connectivity index (χ3v) is 2.49. The molecule has 1 aromatic rings. The van der Waals surface area contributed by atoms with Crippen molar-refractivity contribution in [3.8, 4) is 0 Å². The van der Waals surface area contributed by atoms with Gasteiger partial charge in [-0.25, -0.2) is 9.78 Å². The number of aliphatic carboxylic acids is 1. The maximum atomic E-state index is 11.4. The molecular weight excluding hydrogens is 258 g/mol. The summed E-state index contributed by atoms with van der Waals surface area (Å²) in [4.78, 5) is 30.6. The topological polar surface area (TPSA) is 115 Å². The highest BCUT2D eigenvalue weighted by Crippen LogP contribution is 2.13. The molecule has 0 aliphatic heterocycles. The number of nitrogen functional groups attached to an aromatic ring is 1. The van der Waals surface area contributed by atoms with Gasteiger partial charge in [0.25, 0.3) is 0 Å². The van der Waals surface area contributed by atoms with Gasteiger partial charge in [0.05, 0.1) is 0 Å². The fourth-order valence-electron chi connectivity index (χ4n) is 0.986. The first kappa shape index (κ1) is 13.8. The first-order chi connectivity index (χ1) is 8.45. The van der Waals surface area contributed by atoms with Crippen molar-refractivity contribution < 1.29 is 19.5 Å². The van der Waals surface area contributed by atoms with E-state index in [1.165, 1.54) is 12.3 Å². The van der Waals surface area contributed by atoms with Crippen LogP contribution in [0, 0.1) is 0 Å². The number of ketones is 1. The summed E-state index contributed by atoms with van der Waals surface area (Å²) in [6.07, 6.45) is -0.269. The second-order valence-corrected chi connectivity index (χ2v) is 4.06. The minimum Gasteiger partial charge on any atom is -0.478 e. The summed E-state index contributed by atoms with van der Waals surface area (Å²) in [5.41, 5.74) is 5.60. The van der Waals surface area contributed by atoms with Crippen LogP contribution in [0.3, 0.4) is 0 Å². The standard InChI is InChI=1S/C10H11N3O4S/c1-3-7(9(15)16)17-13-8(5(2)14)6-4-18-10(11)12-6/h3-4,7H,1H2,2H3,(H2,11,12)(H,15,16)/b13-8+/t7-/m0/s1. The number of hydrogen-bond acceptors (Lipinski definition) is 7. The number of hydrogen-bond donors (Lipinski definition) is 2. The Morgan fingerprint density at radius 3 is 2.78 bits per heavy atom. The fraction of sp³-hybridized carbons (Fsp3) is 0.200. The zero-order valence-electron chi connectivity index (χ0n) is 9.49. The summed E-state index contributed by atoms with van der Waals surface area (Å²) < 4.78 is 0. The van der Waals surface area contributed by atoms with Gasteiger partial charge in [0.1, 0.15) is 5.69 Å². The molecule has 0 unspecified atom stereocenters. The number of nitrogens with zero attached hydrogens (tertiary/aromatic N) is 2. The Hall–Kier alpha value is -2.22. The van der Waals surface area contributed by atoms with Gasteiger partial charge in [-0.05, 0) is 6.08 Å². The Morgan fingerprint density at radius 1 is 1.72 bits per heavy atom. The Kier molecular flexibility index (Phi) is 4.55. The minimum absolute atomic E-state index is 0.0870. The zero-order chi connectivity index (χ0) is 13.7. The number of nitrogens with two attached hydrogens (primary N) is 1. The van der Waals surface area contributed by atoms with E-state index in [0.717, 1.165) is 17.4 Å². The Balaban J connectivity index is 2.96. The number of carbonyl (C=O) groups excluding carboxylic acids is 1. The summed E-state index contributed by atoms with van der Waals surface area (Å²) in [5, 5.41) is 14.0. The predicted molar refractivity (Wildman–Crippen MR) is 66.5 cm³/mol. The molecule has 0 aliphatic carbocycles. The Labute approximate surface area is 107 Å². The average Bonchev–Trinajstić information content (AvgIpc) is 2.70. The lowest BCUT2D eigenvalue weighted by Crippen LogP contribution is -2.21. The number of carboxylic acids is 1. The lowest BCUT2D eigenvalue weighted by atomic mass is 10.2. The summed E-state index contributed by atoms with van der Waals surface area (Å²) in [6, 6.07) is 0. The smallest absolute Gasteiger partial charge is 0.351 e. The summed E-state index contributed by atoms with van der Waals surface area (Å²) >= 11 is 1.14. The van der Waals surface area contributed by atoms with Gasteiger partial charge in [-0.1, -0.05) is 11.7 Å². The SMILES string of the molecule is C=C[C@H](O/N=C(\C(C)=O)c1csc(N)n1)C(=O)O. The van der Waals surface area contributed by atoms with Crippen molar-refractivity contribution in [3.05, 3.63) is 23.7 Å². The summed E-state index contributed by atoms with van der Waals surface area (Å²) in [6.45, 7) is 4.55. The number of Topliss-reactive ketones (excluding diaryl/α,β-unsaturated/α-hetero) is 1. The zero-order valence-corrected chi connectivity index (χ0v) is 10.3. The minimum atomic E-state index is -1.32. The maximum absolute atomic E-state index is 11.4. The lowest BCUT2D eigenvalue weighted by molar-refractivity contribution is -0.147. The van der Waals surface area contributed by atoms with E-state index in [1.54, 1.807) is 0 Å². The van der Waals surface area contributed by atoms with Gasteiger partial charge in [-0.3, -0.25) is 4.79 Å². The molecule has 1 heterocycles. The van der Waals surface area contributed by atoms with E-state index in [2.05, 4.69) is 16.7 Å². The molecule has 8 heteroatoms. The molecule has 0 amide bonds. The van der Waals surface area contributed by atoms with Gasteiger partial charge in [-0.15, -0.1) is 11.3 Å². The van der Waals surface area contributed by atoms with Crippen molar-refractivity contribution in [2.24, 2.45) is 5.16 Å². The van der Waals surface area contributed by atoms with Crippen LogP contribution in [-0.4, -0.2) is 33.7 Å². The van der Waals surface area contributed by atoms with Crippen LogP contribution < -0.4 is 5.73 Å². The Morgan fingerprint density at radius 2 is 2.39 bits per heavy atom. The highest BCUT2D eigenvalue weighted by Gasteiger charge is 2.18. The van der Waals surface area contributed by atoms with E-state index in [9.17, 15) is 9.59 Å². The van der Waals surface area contributed by atoms with Crippen LogP contribution in [-0.2, 0) is 14.4 Å². The van der Waals surface area contributed by atoms with Crippen molar-refractivity contribution in [3.63, 3.8) is 0 Å². The van der Waals surface area contributed by atoms with E-state index in [4.69, 9.17) is 15.7 Å². The molecule has 1 atom stereocenters. The van der Waals surface area contributed by atoms with Crippen LogP contribution in [0.4, 0.5) is 5.13 Å². The van der Waals surface area contributed by atoms with Crippen molar-refractivity contribution in [1.29, 1.82) is 0 Å². The van der Waals surface area contributed by atoms with E-state index >= 15 is 0 Å². The van der Waals surface area contributed by atoms with Crippen LogP contribution in [0.2, 0.25) is 0 Å². The molecule has 0 saturated carbocycles. The molecular formula is C10H11N3O4S. The van der Waals surface area contributed by atoms with E-state index in [1.807, 2.05) is 0 Å². The van der Waals surface area contributed by atoms with Crippen LogP contribution in [0.1, 0.15) is 12.6 Å². The van der Waals surface area contributed by atoms with E-state index < -0.39 is 17.9 Å². The number of carboxylic acid groups (broad SMARTS) is 1. The molecule has 0 fully saturated rings. The average molecular weight is 269 g/mol. The molecule has 0 bridgehead atoms. The number of aromatic nitrogens is 1. The molecule has 0 aliphatic rings. The van der Waals surface area contributed by atoms with Gasteiger partial charge >= 0.3 is 5.97 Å². The predicted octanol–water partition coefficient (Wildman–Crippen LogP) is 0.674. The number of oxime groups is 1. The molecule has 0 aromatic carbocycles. The third-order valence-electron chi connectivity index (χ3n) is 1.81. The van der Waals surface area contributed by atoms with Gasteiger partial charge in [0.2, 0.25) is 6.10 Å². The quantitative estimate of drug-likeness (QED) is 0.445. The Bertz CT molecular complexity index is 509. The van der Waals surface area contributed by atoms with Crippen molar-refractivity contribution >= 4 is 33.9 Å². The highest BCUT2D eigenvalue weighted by atomic mass is 32.1. The monoisotopic (exact) mass is 269 g/mol. The lowest BCUT2D eigenvalue weighted by Gasteiger charge is -2.05. The van der Waals surface area contributed by atoms with Crippen LogP contribution in [0.15, 0.2) is 23.2 Å². The van der Waals surface area contributed by atoms with Crippen LogP contribution in [0.25, 0.3) is 0 Å². The molecule has 1 aromatic heterocycles. The van der Waals surface area contributed by atoms with E-state index in [-0.39, 0.29) is 16.5 Å². The summed E-state index contributed by atoms with van der Waals surface area (Å²) in [5.74, 6) is -1.66. The number of rotatable bonds is 6. The molecule has 7 nitrogen and oxygen atoms in total. The first-order valence-electron chi connectivity index (χ1n) is 4.77. The van der Waals surface area contributed by atoms with Gasteiger partial charge in [-0.2, -0.15) is 0 Å². The van der Waals surface area contributed by atoms with Gasteiger partial charge in [0, 0.05) is 12.3 Å². The molecule has 1 rings (SSSR count). The molecule has 0 spiro atoms. The van der Waals surface area contributed by atoms with E-state index in [0.29, 0.717) is 0 Å². The van der Waals surface area contributed by atoms with Gasteiger partial charge < -0.3 is 15.7 Å². The molecule has 18 heavy (non-hydrogen) atoms. The third kappa shape index (κ3) is 3.39. The fourth-order valence-corrected chi connectivity index (χ4v) is 1.53. The number of thiazole rings is 1. The van der Waals surface area contributed by atoms with Crippen molar-refractivity contribution in [1.82, 2.24) is 4.98 Å². The number of carbonyl (C=O) groups is 2.